The smallest absolute Gasteiger partial charge is 0.407 e. The maximum Gasteiger partial charge on any atom is 0.407 e. The summed E-state index contributed by atoms with van der Waals surface area (Å²) >= 11 is 3.29. The lowest BCUT2D eigenvalue weighted by atomic mass is 10.2. The summed E-state index contributed by atoms with van der Waals surface area (Å²) in [5.41, 5.74) is 1.01. The van der Waals surface area contributed by atoms with Gasteiger partial charge in [-0.1, -0.05) is 46.3 Å². The second kappa shape index (κ2) is 5.75. The second-order valence-corrected chi connectivity index (χ2v) is 4.05. The normalized spacial score (nSPS) is 12.1. The summed E-state index contributed by atoms with van der Waals surface area (Å²) in [5, 5.41) is 9.69. The molecule has 0 aliphatic heterocycles. The third-order valence-corrected chi connectivity index (χ3v) is 3.13. The Morgan fingerprint density at radius 3 is 2.53 bits per heavy atom. The van der Waals surface area contributed by atoms with Crippen LogP contribution in [-0.2, 0) is 6.54 Å². The highest BCUT2D eigenvalue weighted by molar-refractivity contribution is 9.09. The largest absolute Gasteiger partial charge is 0.465 e. The SMILES string of the molecule is C[C@@H](CBr)N(Cc1ccccc1)C(=O)O. The van der Waals surface area contributed by atoms with E-state index in [4.69, 9.17) is 5.11 Å². The Balaban J connectivity index is 2.71. The van der Waals surface area contributed by atoms with Crippen LogP contribution in [-0.4, -0.2) is 27.5 Å². The molecule has 0 saturated heterocycles. The molecule has 0 aliphatic carbocycles. The summed E-state index contributed by atoms with van der Waals surface area (Å²) in [6.45, 7) is 2.31. The molecule has 0 aliphatic rings. The van der Waals surface area contributed by atoms with Gasteiger partial charge in [-0.15, -0.1) is 0 Å². The maximum absolute atomic E-state index is 11.0. The fraction of sp³-hybridized carbons (Fsp3) is 0.364. The van der Waals surface area contributed by atoms with Crippen LogP contribution in [0.25, 0.3) is 0 Å². The Hall–Kier alpha value is -1.03. The number of carbonyl (C=O) groups is 1. The molecule has 15 heavy (non-hydrogen) atoms. The number of hydrogen-bond acceptors (Lipinski definition) is 1. The molecule has 1 aromatic rings. The van der Waals surface area contributed by atoms with E-state index >= 15 is 0 Å². The van der Waals surface area contributed by atoms with Crippen molar-refractivity contribution in [2.24, 2.45) is 0 Å². The van der Waals surface area contributed by atoms with Gasteiger partial charge in [0.1, 0.15) is 0 Å². The zero-order chi connectivity index (χ0) is 11.3. The highest BCUT2D eigenvalue weighted by Gasteiger charge is 2.18. The molecule has 0 unspecified atom stereocenters. The monoisotopic (exact) mass is 271 g/mol. The van der Waals surface area contributed by atoms with E-state index in [2.05, 4.69) is 15.9 Å². The van der Waals surface area contributed by atoms with Gasteiger partial charge < -0.3 is 10.0 Å². The van der Waals surface area contributed by atoms with Crippen LogP contribution in [0.4, 0.5) is 4.79 Å². The molecule has 1 atom stereocenters. The first-order chi connectivity index (χ1) is 7.15. The summed E-state index contributed by atoms with van der Waals surface area (Å²) in [4.78, 5) is 12.4. The van der Waals surface area contributed by atoms with Crippen LogP contribution in [0.15, 0.2) is 30.3 Å². The van der Waals surface area contributed by atoms with Gasteiger partial charge >= 0.3 is 6.09 Å². The molecule has 1 N–H and O–H groups in total. The summed E-state index contributed by atoms with van der Waals surface area (Å²) in [6, 6.07) is 9.57. The minimum atomic E-state index is -0.884. The van der Waals surface area contributed by atoms with Gasteiger partial charge in [0.05, 0.1) is 0 Å². The van der Waals surface area contributed by atoms with Gasteiger partial charge in [-0.2, -0.15) is 0 Å². The van der Waals surface area contributed by atoms with Crippen LogP contribution >= 0.6 is 15.9 Å². The van der Waals surface area contributed by atoms with Crippen molar-refractivity contribution in [2.75, 3.05) is 5.33 Å². The molecule has 0 aromatic heterocycles. The van der Waals surface area contributed by atoms with Crippen molar-refractivity contribution in [3.05, 3.63) is 35.9 Å². The molecule has 0 spiro atoms. The Kier molecular flexibility index (Phi) is 4.62. The fourth-order valence-corrected chi connectivity index (χ4v) is 1.62. The second-order valence-electron chi connectivity index (χ2n) is 3.40. The number of nitrogens with zero attached hydrogens (tertiary/aromatic N) is 1. The molecule has 0 radical (unpaired) electrons. The molecule has 0 saturated carbocycles. The lowest BCUT2D eigenvalue weighted by Crippen LogP contribution is -2.37. The zero-order valence-corrected chi connectivity index (χ0v) is 10.1. The fourth-order valence-electron chi connectivity index (χ4n) is 1.28. The lowest BCUT2D eigenvalue weighted by molar-refractivity contribution is 0.129. The number of halogens is 1. The maximum atomic E-state index is 11.0. The van der Waals surface area contributed by atoms with Crippen LogP contribution in [0, 0.1) is 0 Å². The average molecular weight is 272 g/mol. The van der Waals surface area contributed by atoms with Crippen molar-refractivity contribution in [1.82, 2.24) is 4.90 Å². The van der Waals surface area contributed by atoms with E-state index in [0.29, 0.717) is 11.9 Å². The van der Waals surface area contributed by atoms with Crippen molar-refractivity contribution in [1.29, 1.82) is 0 Å². The Bertz CT molecular complexity index is 316. The standard InChI is InChI=1S/C11H14BrNO2/c1-9(7-12)13(11(14)15)8-10-5-3-2-4-6-10/h2-6,9H,7-8H2,1H3,(H,14,15)/t9-/m0/s1. The van der Waals surface area contributed by atoms with Crippen molar-refractivity contribution >= 4 is 22.0 Å². The van der Waals surface area contributed by atoms with Crippen LogP contribution in [0.2, 0.25) is 0 Å². The summed E-state index contributed by atoms with van der Waals surface area (Å²) in [7, 11) is 0. The summed E-state index contributed by atoms with van der Waals surface area (Å²) in [5.74, 6) is 0. The minimum Gasteiger partial charge on any atom is -0.465 e. The predicted molar refractivity (Wildman–Crippen MR) is 63.3 cm³/mol. The molecule has 4 heteroatoms. The zero-order valence-electron chi connectivity index (χ0n) is 8.56. The molecule has 0 fully saturated rings. The first kappa shape index (κ1) is 12.0. The first-order valence-electron chi connectivity index (χ1n) is 4.74. The van der Waals surface area contributed by atoms with Crippen molar-refractivity contribution in [3.8, 4) is 0 Å². The summed E-state index contributed by atoms with van der Waals surface area (Å²) < 4.78 is 0. The van der Waals surface area contributed by atoms with E-state index in [-0.39, 0.29) is 6.04 Å². The predicted octanol–water partition coefficient (Wildman–Crippen LogP) is 2.95. The van der Waals surface area contributed by atoms with Crippen molar-refractivity contribution in [2.45, 2.75) is 19.5 Å². The van der Waals surface area contributed by atoms with E-state index in [9.17, 15) is 4.79 Å². The lowest BCUT2D eigenvalue weighted by Gasteiger charge is -2.24. The number of amides is 1. The Labute approximate surface area is 97.8 Å². The average Bonchev–Trinajstić information content (AvgIpc) is 2.26. The van der Waals surface area contributed by atoms with E-state index in [0.717, 1.165) is 5.56 Å². The number of alkyl halides is 1. The first-order valence-corrected chi connectivity index (χ1v) is 5.86. The number of carboxylic acid groups (broad SMARTS) is 1. The van der Waals surface area contributed by atoms with Gasteiger partial charge in [0.15, 0.2) is 0 Å². The van der Waals surface area contributed by atoms with E-state index in [1.54, 1.807) is 0 Å². The number of benzene rings is 1. The van der Waals surface area contributed by atoms with E-state index < -0.39 is 6.09 Å². The molecule has 1 rings (SSSR count). The molecular weight excluding hydrogens is 258 g/mol. The van der Waals surface area contributed by atoms with E-state index in [1.165, 1.54) is 4.90 Å². The minimum absolute atomic E-state index is 0.0253. The number of hydrogen-bond donors (Lipinski definition) is 1. The molecule has 0 bridgehead atoms. The topological polar surface area (TPSA) is 40.5 Å². The van der Waals surface area contributed by atoms with Crippen LogP contribution in [0.1, 0.15) is 12.5 Å². The Morgan fingerprint density at radius 1 is 1.47 bits per heavy atom. The summed E-state index contributed by atoms with van der Waals surface area (Å²) in [6.07, 6.45) is -0.884. The number of rotatable bonds is 4. The molecule has 0 heterocycles. The van der Waals surface area contributed by atoms with Gasteiger partial charge in [0, 0.05) is 17.9 Å². The molecule has 82 valence electrons. The van der Waals surface area contributed by atoms with Gasteiger partial charge in [-0.25, -0.2) is 4.79 Å². The van der Waals surface area contributed by atoms with Gasteiger partial charge in [0.2, 0.25) is 0 Å². The van der Waals surface area contributed by atoms with Gasteiger partial charge in [-0.05, 0) is 12.5 Å². The molecular formula is C11H14BrNO2. The van der Waals surface area contributed by atoms with Gasteiger partial charge in [-0.3, -0.25) is 0 Å². The van der Waals surface area contributed by atoms with Crippen LogP contribution in [0.3, 0.4) is 0 Å². The highest BCUT2D eigenvalue weighted by Crippen LogP contribution is 2.10. The van der Waals surface area contributed by atoms with E-state index in [1.807, 2.05) is 37.3 Å². The third kappa shape index (κ3) is 3.55. The Morgan fingerprint density at radius 2 is 2.07 bits per heavy atom. The highest BCUT2D eigenvalue weighted by atomic mass is 79.9. The van der Waals surface area contributed by atoms with Crippen LogP contribution < -0.4 is 0 Å². The third-order valence-electron chi connectivity index (χ3n) is 2.20. The molecule has 3 nitrogen and oxygen atoms in total. The van der Waals surface area contributed by atoms with Crippen LogP contribution in [0.5, 0.6) is 0 Å². The quantitative estimate of drug-likeness (QED) is 0.856. The van der Waals surface area contributed by atoms with Crippen molar-refractivity contribution < 1.29 is 9.90 Å². The molecule has 1 aromatic carbocycles. The van der Waals surface area contributed by atoms with Gasteiger partial charge in [0.25, 0.3) is 0 Å². The van der Waals surface area contributed by atoms with Crippen molar-refractivity contribution in [3.63, 3.8) is 0 Å². The molecule has 1 amide bonds.